The number of benzene rings is 1. The Labute approximate surface area is 249 Å². The Hall–Kier alpha value is -4.42. The molecule has 1 atom stereocenters. The van der Waals surface area contributed by atoms with Crippen LogP contribution < -0.4 is 11.1 Å². The van der Waals surface area contributed by atoms with E-state index in [4.69, 9.17) is 22.3 Å². The number of nitrogens with one attached hydrogen (secondary N) is 1. The lowest BCUT2D eigenvalue weighted by Crippen LogP contribution is -2.32. The number of rotatable bonds is 5. The zero-order valence-electron chi connectivity index (χ0n) is 22.5. The Morgan fingerprint density at radius 3 is 2.64 bits per heavy atom. The fourth-order valence-corrected chi connectivity index (χ4v) is 6.95. The highest BCUT2D eigenvalue weighted by Crippen LogP contribution is 2.37. The van der Waals surface area contributed by atoms with Gasteiger partial charge in [-0.2, -0.15) is 0 Å². The molecule has 5 aromatic rings. The first-order valence-electron chi connectivity index (χ1n) is 13.8. The van der Waals surface area contributed by atoms with Crippen molar-refractivity contribution in [1.29, 1.82) is 0 Å². The van der Waals surface area contributed by atoms with Crippen molar-refractivity contribution in [3.05, 3.63) is 81.9 Å². The average molecular weight is 600 g/mol. The van der Waals surface area contributed by atoms with E-state index in [1.54, 1.807) is 46.8 Å². The normalized spacial score (nSPS) is 16.5. The molecule has 1 aliphatic heterocycles. The third kappa shape index (κ3) is 4.76. The molecule has 3 N–H and O–H groups in total. The summed E-state index contributed by atoms with van der Waals surface area (Å²) < 4.78 is 1.89. The van der Waals surface area contributed by atoms with Crippen LogP contribution in [0.15, 0.2) is 48.9 Å². The molecule has 7 rings (SSSR count). The second-order valence-electron chi connectivity index (χ2n) is 10.3. The van der Waals surface area contributed by atoms with Gasteiger partial charge in [0.15, 0.2) is 5.13 Å². The molecular weight excluding hydrogens is 574 g/mol. The Morgan fingerprint density at radius 1 is 1.00 bits per heavy atom. The Balaban J connectivity index is 1.19. The first-order valence-corrected chi connectivity index (χ1v) is 15.0. The number of aryl methyl sites for hydroxylation is 2. The molecule has 0 saturated carbocycles. The van der Waals surface area contributed by atoms with E-state index in [1.165, 1.54) is 17.5 Å². The summed E-state index contributed by atoms with van der Waals surface area (Å²) in [7, 11) is 0. The molecule has 11 nitrogen and oxygen atoms in total. The van der Waals surface area contributed by atoms with E-state index < -0.39 is 0 Å². The van der Waals surface area contributed by atoms with Gasteiger partial charge in [-0.05, 0) is 68.3 Å². The number of carbonyl (C=O) groups excluding carboxylic acids is 2. The van der Waals surface area contributed by atoms with E-state index in [0.29, 0.717) is 40.1 Å². The summed E-state index contributed by atoms with van der Waals surface area (Å²) in [5.41, 5.74) is 10.3. The number of nitrogen functional groups attached to an aromatic ring is 1. The van der Waals surface area contributed by atoms with Crippen LogP contribution in [0.25, 0.3) is 16.8 Å². The molecule has 1 aromatic carbocycles. The average Bonchev–Trinajstić information content (AvgIpc) is 3.74. The number of aromatic nitrogens is 6. The lowest BCUT2D eigenvalue weighted by atomic mass is 10.0. The maximum Gasteiger partial charge on any atom is 0.273 e. The molecule has 13 heteroatoms. The van der Waals surface area contributed by atoms with Gasteiger partial charge in [-0.3, -0.25) is 19.3 Å². The monoisotopic (exact) mass is 599 g/mol. The molecule has 2 amide bonds. The van der Waals surface area contributed by atoms with Crippen molar-refractivity contribution in [2.75, 3.05) is 17.6 Å². The molecule has 0 spiro atoms. The van der Waals surface area contributed by atoms with Crippen molar-refractivity contribution in [2.45, 2.75) is 44.6 Å². The molecule has 1 saturated heterocycles. The van der Waals surface area contributed by atoms with Crippen molar-refractivity contribution in [1.82, 2.24) is 34.2 Å². The van der Waals surface area contributed by atoms with Crippen LogP contribution in [0.1, 0.15) is 69.0 Å². The van der Waals surface area contributed by atoms with Crippen LogP contribution in [0.3, 0.4) is 0 Å². The van der Waals surface area contributed by atoms with E-state index in [9.17, 15) is 9.59 Å². The number of halogens is 1. The summed E-state index contributed by atoms with van der Waals surface area (Å²) in [4.78, 5) is 51.4. The lowest BCUT2D eigenvalue weighted by molar-refractivity contribution is 0.0723. The van der Waals surface area contributed by atoms with Crippen molar-refractivity contribution >= 4 is 51.2 Å². The molecule has 4 aromatic heterocycles. The van der Waals surface area contributed by atoms with Gasteiger partial charge < -0.3 is 10.6 Å². The summed E-state index contributed by atoms with van der Waals surface area (Å²) in [5, 5.41) is 3.61. The first kappa shape index (κ1) is 26.5. The molecule has 2 aliphatic rings. The summed E-state index contributed by atoms with van der Waals surface area (Å²) in [5.74, 6) is 0.543. The number of amides is 2. The van der Waals surface area contributed by atoms with Crippen LogP contribution in [-0.2, 0) is 12.8 Å². The van der Waals surface area contributed by atoms with Crippen LogP contribution in [0.5, 0.6) is 0 Å². The van der Waals surface area contributed by atoms with E-state index in [0.717, 1.165) is 43.4 Å². The zero-order chi connectivity index (χ0) is 28.8. The van der Waals surface area contributed by atoms with Gasteiger partial charge in [-0.1, -0.05) is 12.1 Å². The predicted molar refractivity (Wildman–Crippen MR) is 160 cm³/mol. The van der Waals surface area contributed by atoms with Crippen LogP contribution in [0.4, 0.5) is 10.9 Å². The minimum absolute atomic E-state index is 0.0203. The van der Waals surface area contributed by atoms with E-state index in [1.807, 2.05) is 16.5 Å². The molecular formula is C29H26ClN9O2S. The molecule has 0 bridgehead atoms. The van der Waals surface area contributed by atoms with Crippen LogP contribution >= 0.6 is 22.9 Å². The standard InChI is InChI=1S/C29H26ClN9O2S/c30-28-33-12-11-19(34-28)27(41)38-14-3-5-20(38)25-36-22(23-24(31)32-13-15-39(23)25)16-7-9-17(10-8-16)26(40)37-29-35-18-4-1-2-6-21(18)42-29/h7-13,15,20H,1-6,14H2,(H2,31,32)(H,35,37,40). The molecule has 0 radical (unpaired) electrons. The van der Waals surface area contributed by atoms with Gasteiger partial charge in [0.05, 0.1) is 11.7 Å². The number of hydrogen-bond donors (Lipinski definition) is 2. The van der Waals surface area contributed by atoms with E-state index in [-0.39, 0.29) is 28.8 Å². The minimum atomic E-state index is -0.302. The van der Waals surface area contributed by atoms with Gasteiger partial charge in [0.25, 0.3) is 11.8 Å². The fourth-order valence-electron chi connectivity index (χ4n) is 5.76. The van der Waals surface area contributed by atoms with Gasteiger partial charge in [0, 0.05) is 41.1 Å². The predicted octanol–water partition coefficient (Wildman–Crippen LogP) is 4.99. The third-order valence-electron chi connectivity index (χ3n) is 7.75. The largest absolute Gasteiger partial charge is 0.382 e. The summed E-state index contributed by atoms with van der Waals surface area (Å²) in [6, 6.07) is 8.48. The molecule has 1 unspecified atom stereocenters. The van der Waals surface area contributed by atoms with Crippen molar-refractivity contribution < 1.29 is 9.59 Å². The van der Waals surface area contributed by atoms with Gasteiger partial charge >= 0.3 is 0 Å². The quantitative estimate of drug-likeness (QED) is 0.269. The van der Waals surface area contributed by atoms with Crippen molar-refractivity contribution in [3.8, 4) is 11.3 Å². The van der Waals surface area contributed by atoms with Crippen molar-refractivity contribution in [3.63, 3.8) is 0 Å². The topological polar surface area (TPSA) is 144 Å². The lowest BCUT2D eigenvalue weighted by Gasteiger charge is -2.23. The number of imidazole rings is 1. The summed E-state index contributed by atoms with van der Waals surface area (Å²) in [6.07, 6.45) is 10.7. The SMILES string of the molecule is Nc1nccn2c(C3CCCN3C(=O)c3ccnc(Cl)n3)nc(-c3ccc(C(=O)Nc4nc5c(s4)CCCC5)cc3)c12. The van der Waals surface area contributed by atoms with Crippen molar-refractivity contribution in [2.24, 2.45) is 0 Å². The number of nitrogens with zero attached hydrogens (tertiary/aromatic N) is 7. The maximum absolute atomic E-state index is 13.4. The zero-order valence-corrected chi connectivity index (χ0v) is 24.0. The molecule has 1 fully saturated rings. The minimum Gasteiger partial charge on any atom is -0.382 e. The number of likely N-dealkylation sites (tertiary alicyclic amines) is 1. The number of hydrogen-bond acceptors (Lipinski definition) is 9. The highest BCUT2D eigenvalue weighted by Gasteiger charge is 2.35. The van der Waals surface area contributed by atoms with E-state index in [2.05, 4.69) is 25.3 Å². The number of thiazole rings is 1. The van der Waals surface area contributed by atoms with Crippen LogP contribution in [-0.4, -0.2) is 52.6 Å². The molecule has 1 aliphatic carbocycles. The number of carbonyl (C=O) groups is 2. The smallest absolute Gasteiger partial charge is 0.273 e. The third-order valence-corrected chi connectivity index (χ3v) is 9.01. The second-order valence-corrected chi connectivity index (χ2v) is 11.8. The fraction of sp³-hybridized carbons (Fsp3) is 0.276. The first-order chi connectivity index (χ1) is 20.5. The highest BCUT2D eigenvalue weighted by atomic mass is 35.5. The van der Waals surface area contributed by atoms with Gasteiger partial charge in [-0.15, -0.1) is 11.3 Å². The number of fused-ring (bicyclic) bond motifs is 2. The number of nitrogens with two attached hydrogens (primary N) is 1. The Bertz CT molecular complexity index is 1810. The Morgan fingerprint density at radius 2 is 1.83 bits per heavy atom. The van der Waals surface area contributed by atoms with E-state index >= 15 is 0 Å². The highest BCUT2D eigenvalue weighted by molar-refractivity contribution is 7.15. The maximum atomic E-state index is 13.4. The van der Waals surface area contributed by atoms with Gasteiger partial charge in [0.1, 0.15) is 28.5 Å². The second kappa shape index (κ2) is 10.8. The summed E-state index contributed by atoms with van der Waals surface area (Å²) >= 11 is 7.51. The summed E-state index contributed by atoms with van der Waals surface area (Å²) in [6.45, 7) is 0.557. The van der Waals surface area contributed by atoms with Crippen LogP contribution in [0.2, 0.25) is 5.28 Å². The van der Waals surface area contributed by atoms with Gasteiger partial charge in [0.2, 0.25) is 5.28 Å². The Kier molecular flexibility index (Phi) is 6.79. The molecule has 42 heavy (non-hydrogen) atoms. The van der Waals surface area contributed by atoms with Crippen LogP contribution in [0, 0.1) is 0 Å². The molecule has 212 valence electrons. The van der Waals surface area contributed by atoms with Gasteiger partial charge in [-0.25, -0.2) is 24.9 Å². The molecule has 5 heterocycles. The number of anilines is 2.